The van der Waals surface area contributed by atoms with Crippen molar-refractivity contribution in [3.05, 3.63) is 95.4 Å². The number of methoxy groups -OCH3 is 1. The van der Waals surface area contributed by atoms with E-state index in [-0.39, 0.29) is 5.91 Å². The standard InChI is InChI=1S/C25H24N2O4/c1-17-8-10-19(11-9-17)16-27-21-12-13-31-23(21)15-22(27)24(28)26-20(25(29)30-2)14-18-6-4-3-5-7-18/h3-13,15,20H,14,16H2,1-2H3,(H,26,28). The summed E-state index contributed by atoms with van der Waals surface area (Å²) in [7, 11) is 1.32. The van der Waals surface area contributed by atoms with Gasteiger partial charge in [0.05, 0.1) is 18.9 Å². The highest BCUT2D eigenvalue weighted by atomic mass is 16.5. The first kappa shape index (κ1) is 20.5. The predicted molar refractivity (Wildman–Crippen MR) is 118 cm³/mol. The highest BCUT2D eigenvalue weighted by Crippen LogP contribution is 2.23. The Kier molecular flexibility index (Phi) is 5.89. The van der Waals surface area contributed by atoms with Crippen LogP contribution in [0.1, 0.15) is 27.2 Å². The molecular weight excluding hydrogens is 392 g/mol. The van der Waals surface area contributed by atoms with Gasteiger partial charge in [-0.15, -0.1) is 0 Å². The minimum absolute atomic E-state index is 0.341. The minimum Gasteiger partial charge on any atom is -0.467 e. The number of esters is 1. The lowest BCUT2D eigenvalue weighted by molar-refractivity contribution is -0.142. The van der Waals surface area contributed by atoms with Gasteiger partial charge >= 0.3 is 5.97 Å². The lowest BCUT2D eigenvalue weighted by Crippen LogP contribution is -2.43. The van der Waals surface area contributed by atoms with Gasteiger partial charge in [-0.3, -0.25) is 4.79 Å². The molecule has 0 aliphatic rings. The molecule has 1 amide bonds. The summed E-state index contributed by atoms with van der Waals surface area (Å²) in [6.07, 6.45) is 1.94. The first-order chi connectivity index (χ1) is 15.0. The molecule has 6 heteroatoms. The lowest BCUT2D eigenvalue weighted by Gasteiger charge is -2.18. The van der Waals surface area contributed by atoms with Gasteiger partial charge in [-0.05, 0) is 18.1 Å². The van der Waals surface area contributed by atoms with Crippen molar-refractivity contribution in [3.63, 3.8) is 0 Å². The second kappa shape index (κ2) is 8.92. The fraction of sp³-hybridized carbons (Fsp3) is 0.200. The number of hydrogen-bond donors (Lipinski definition) is 1. The molecule has 2 aromatic heterocycles. The van der Waals surface area contributed by atoms with Crippen LogP contribution in [-0.2, 0) is 22.5 Å². The number of fused-ring (bicyclic) bond motifs is 1. The molecule has 1 atom stereocenters. The summed E-state index contributed by atoms with van der Waals surface area (Å²) in [6, 6.07) is 20.4. The maximum Gasteiger partial charge on any atom is 0.328 e. The largest absolute Gasteiger partial charge is 0.467 e. The van der Waals surface area contributed by atoms with Crippen LogP contribution in [0.4, 0.5) is 0 Å². The maximum atomic E-state index is 13.2. The summed E-state index contributed by atoms with van der Waals surface area (Å²) in [6.45, 7) is 2.54. The van der Waals surface area contributed by atoms with Crippen molar-refractivity contribution in [3.8, 4) is 0 Å². The molecule has 31 heavy (non-hydrogen) atoms. The second-order valence-electron chi connectivity index (χ2n) is 7.51. The monoisotopic (exact) mass is 416 g/mol. The van der Waals surface area contributed by atoms with E-state index in [0.717, 1.165) is 16.6 Å². The molecular formula is C25H24N2O4. The molecule has 0 bridgehead atoms. The highest BCUT2D eigenvalue weighted by molar-refractivity contribution is 5.99. The molecule has 1 unspecified atom stereocenters. The number of hydrogen-bond acceptors (Lipinski definition) is 4. The molecule has 4 rings (SSSR count). The van der Waals surface area contributed by atoms with Gasteiger partial charge in [0, 0.05) is 25.1 Å². The third-order valence-electron chi connectivity index (χ3n) is 5.29. The van der Waals surface area contributed by atoms with Gasteiger partial charge in [-0.25, -0.2) is 4.79 Å². The molecule has 0 aliphatic heterocycles. The summed E-state index contributed by atoms with van der Waals surface area (Å²) in [5.74, 6) is -0.845. The molecule has 0 aliphatic carbocycles. The van der Waals surface area contributed by atoms with E-state index in [1.807, 2.05) is 72.2 Å². The minimum atomic E-state index is -0.797. The number of nitrogens with zero attached hydrogens (tertiary/aromatic N) is 1. The molecule has 2 heterocycles. The average molecular weight is 416 g/mol. The summed E-state index contributed by atoms with van der Waals surface area (Å²) < 4.78 is 12.3. The summed E-state index contributed by atoms with van der Waals surface area (Å²) in [5, 5.41) is 2.84. The topological polar surface area (TPSA) is 73.5 Å². The Bertz CT molecular complexity index is 1190. The van der Waals surface area contributed by atoms with Crippen LogP contribution in [-0.4, -0.2) is 29.6 Å². The van der Waals surface area contributed by atoms with Crippen LogP contribution in [0.5, 0.6) is 0 Å². The third kappa shape index (κ3) is 4.53. The number of aryl methyl sites for hydroxylation is 1. The number of aromatic nitrogens is 1. The number of amides is 1. The van der Waals surface area contributed by atoms with E-state index in [1.165, 1.54) is 12.7 Å². The van der Waals surface area contributed by atoms with E-state index in [2.05, 4.69) is 5.32 Å². The molecule has 0 radical (unpaired) electrons. The van der Waals surface area contributed by atoms with E-state index in [4.69, 9.17) is 9.15 Å². The normalized spacial score (nSPS) is 11.9. The van der Waals surface area contributed by atoms with Crippen LogP contribution in [0.15, 0.2) is 77.4 Å². The molecule has 0 saturated heterocycles. The van der Waals surface area contributed by atoms with Crippen LogP contribution >= 0.6 is 0 Å². The van der Waals surface area contributed by atoms with Crippen LogP contribution in [0.2, 0.25) is 0 Å². The lowest BCUT2D eigenvalue weighted by atomic mass is 10.1. The fourth-order valence-corrected chi connectivity index (χ4v) is 3.63. The molecule has 1 N–H and O–H groups in total. The van der Waals surface area contributed by atoms with Crippen molar-refractivity contribution in [1.82, 2.24) is 9.88 Å². The number of ether oxygens (including phenoxy) is 1. The zero-order valence-corrected chi connectivity index (χ0v) is 17.5. The van der Waals surface area contributed by atoms with Crippen molar-refractivity contribution >= 4 is 23.0 Å². The van der Waals surface area contributed by atoms with Crippen molar-refractivity contribution in [2.45, 2.75) is 25.9 Å². The molecule has 4 aromatic rings. The van der Waals surface area contributed by atoms with Gasteiger partial charge in [0.15, 0.2) is 5.58 Å². The smallest absolute Gasteiger partial charge is 0.328 e. The number of carbonyl (C=O) groups excluding carboxylic acids is 2. The van der Waals surface area contributed by atoms with Crippen molar-refractivity contribution in [2.24, 2.45) is 0 Å². The van der Waals surface area contributed by atoms with E-state index in [0.29, 0.717) is 24.2 Å². The van der Waals surface area contributed by atoms with E-state index in [1.54, 1.807) is 12.3 Å². The van der Waals surface area contributed by atoms with Gasteiger partial charge in [0.2, 0.25) is 0 Å². The Labute approximate surface area is 180 Å². The van der Waals surface area contributed by atoms with Crippen LogP contribution in [0.3, 0.4) is 0 Å². The van der Waals surface area contributed by atoms with Gasteiger partial charge in [0.1, 0.15) is 11.7 Å². The summed E-state index contributed by atoms with van der Waals surface area (Å²) >= 11 is 0. The first-order valence-electron chi connectivity index (χ1n) is 10.1. The number of furan rings is 1. The van der Waals surface area contributed by atoms with Crippen LogP contribution in [0, 0.1) is 6.92 Å². The Hall–Kier alpha value is -3.80. The molecule has 0 spiro atoms. The summed E-state index contributed by atoms with van der Waals surface area (Å²) in [4.78, 5) is 25.6. The summed E-state index contributed by atoms with van der Waals surface area (Å²) in [5.41, 5.74) is 5.04. The predicted octanol–water partition coefficient (Wildman–Crippen LogP) is 4.11. The Morgan fingerprint density at radius 1 is 1.03 bits per heavy atom. The van der Waals surface area contributed by atoms with Crippen molar-refractivity contribution < 1.29 is 18.7 Å². The fourth-order valence-electron chi connectivity index (χ4n) is 3.63. The van der Waals surface area contributed by atoms with Crippen LogP contribution in [0.25, 0.3) is 11.1 Å². The quantitative estimate of drug-likeness (QED) is 0.460. The van der Waals surface area contributed by atoms with E-state index < -0.39 is 12.0 Å². The Morgan fingerprint density at radius 3 is 2.48 bits per heavy atom. The zero-order valence-electron chi connectivity index (χ0n) is 17.5. The number of rotatable bonds is 7. The van der Waals surface area contributed by atoms with E-state index >= 15 is 0 Å². The number of carbonyl (C=O) groups is 2. The molecule has 0 fully saturated rings. The zero-order chi connectivity index (χ0) is 21.8. The number of nitrogens with one attached hydrogen (secondary N) is 1. The van der Waals surface area contributed by atoms with Gasteiger partial charge in [0.25, 0.3) is 5.91 Å². The van der Waals surface area contributed by atoms with Gasteiger partial charge < -0.3 is 19.0 Å². The Morgan fingerprint density at radius 2 is 1.77 bits per heavy atom. The van der Waals surface area contributed by atoms with E-state index in [9.17, 15) is 9.59 Å². The van der Waals surface area contributed by atoms with Crippen LogP contribution < -0.4 is 5.32 Å². The number of benzene rings is 2. The highest BCUT2D eigenvalue weighted by Gasteiger charge is 2.25. The van der Waals surface area contributed by atoms with Crippen molar-refractivity contribution in [2.75, 3.05) is 7.11 Å². The van der Waals surface area contributed by atoms with Gasteiger partial charge in [-0.2, -0.15) is 0 Å². The SMILES string of the molecule is COC(=O)C(Cc1ccccc1)NC(=O)c1cc2occc2n1Cc1ccc(C)cc1. The van der Waals surface area contributed by atoms with Crippen molar-refractivity contribution in [1.29, 1.82) is 0 Å². The molecule has 0 saturated carbocycles. The molecule has 2 aromatic carbocycles. The average Bonchev–Trinajstić information content (AvgIpc) is 3.37. The first-order valence-corrected chi connectivity index (χ1v) is 10.1. The second-order valence-corrected chi connectivity index (χ2v) is 7.51. The van der Waals surface area contributed by atoms with Gasteiger partial charge in [-0.1, -0.05) is 60.2 Å². The Balaban J connectivity index is 1.62. The molecule has 6 nitrogen and oxygen atoms in total. The third-order valence-corrected chi connectivity index (χ3v) is 5.29. The molecule has 158 valence electrons. The maximum absolute atomic E-state index is 13.2.